The number of nitrogens with zero attached hydrogens (tertiary/aromatic N) is 1. The van der Waals surface area contributed by atoms with Crippen LogP contribution in [-0.4, -0.2) is 46.4 Å². The number of nitrogens with two attached hydrogens (primary N) is 1. The lowest BCUT2D eigenvalue weighted by Crippen LogP contribution is -2.41. The monoisotopic (exact) mass is 425 g/mol. The van der Waals surface area contributed by atoms with Crippen LogP contribution in [-0.2, 0) is 37.8 Å². The molecular weight excluding hydrogens is 402 g/mol. The fourth-order valence-electron chi connectivity index (χ4n) is 2.47. The number of hydrogen-bond acceptors (Lipinski definition) is 5. The molecule has 0 unspecified atom stereocenters. The summed E-state index contributed by atoms with van der Waals surface area (Å²) in [5, 5.41) is 7.67. The molecule has 0 heterocycles. The van der Waals surface area contributed by atoms with Crippen molar-refractivity contribution in [2.75, 3.05) is 19.3 Å². The van der Waals surface area contributed by atoms with E-state index in [4.69, 9.17) is 5.14 Å². The van der Waals surface area contributed by atoms with E-state index < -0.39 is 26.0 Å². The van der Waals surface area contributed by atoms with Gasteiger partial charge in [-0.1, -0.05) is 42.5 Å². The van der Waals surface area contributed by atoms with Crippen molar-refractivity contribution in [3.63, 3.8) is 0 Å². The molecule has 0 aliphatic rings. The lowest BCUT2D eigenvalue weighted by Gasteiger charge is -2.19. The Labute approximate surface area is 165 Å². The number of hydrogen-bond donors (Lipinski definition) is 2. The minimum Gasteiger partial charge on any atom is -0.351 e. The molecule has 0 bridgehead atoms. The predicted octanol–water partition coefficient (Wildman–Crippen LogP) is 0.455. The maximum atomic E-state index is 12.2. The Morgan fingerprint density at radius 2 is 1.57 bits per heavy atom. The van der Waals surface area contributed by atoms with Crippen LogP contribution in [0.15, 0.2) is 59.5 Å². The van der Waals surface area contributed by atoms with Gasteiger partial charge < -0.3 is 5.32 Å². The zero-order valence-electron chi connectivity index (χ0n) is 15.4. The van der Waals surface area contributed by atoms with Crippen molar-refractivity contribution >= 4 is 26.0 Å². The van der Waals surface area contributed by atoms with E-state index in [1.807, 2.05) is 30.3 Å². The van der Waals surface area contributed by atoms with E-state index in [1.165, 1.54) is 24.3 Å². The largest absolute Gasteiger partial charge is 0.351 e. The molecule has 0 aromatic heterocycles. The van der Waals surface area contributed by atoms with Gasteiger partial charge in [-0.3, -0.25) is 4.79 Å². The normalized spacial score (nSPS) is 12.1. The van der Waals surface area contributed by atoms with Crippen molar-refractivity contribution in [2.45, 2.75) is 17.9 Å². The molecule has 3 N–H and O–H groups in total. The number of sulfonamides is 2. The summed E-state index contributed by atoms with van der Waals surface area (Å²) in [5.41, 5.74) is 1.64. The van der Waals surface area contributed by atoms with Crippen LogP contribution < -0.4 is 10.5 Å². The van der Waals surface area contributed by atoms with Gasteiger partial charge in [0.2, 0.25) is 26.0 Å². The van der Waals surface area contributed by atoms with Crippen LogP contribution in [0.1, 0.15) is 11.1 Å². The number of primary sulfonamides is 1. The van der Waals surface area contributed by atoms with E-state index >= 15 is 0 Å². The molecule has 10 heteroatoms. The fourth-order valence-corrected chi connectivity index (χ4v) is 3.76. The van der Waals surface area contributed by atoms with Gasteiger partial charge in [0.05, 0.1) is 17.7 Å². The molecule has 2 rings (SSSR count). The van der Waals surface area contributed by atoms with Gasteiger partial charge in [-0.25, -0.2) is 22.0 Å². The molecule has 152 valence electrons. The number of carbonyl (C=O) groups is 1. The Morgan fingerprint density at radius 1 is 0.964 bits per heavy atom. The van der Waals surface area contributed by atoms with Gasteiger partial charge >= 0.3 is 0 Å². The highest BCUT2D eigenvalue weighted by Gasteiger charge is 2.20. The van der Waals surface area contributed by atoms with E-state index in [9.17, 15) is 21.6 Å². The van der Waals surface area contributed by atoms with Crippen molar-refractivity contribution < 1.29 is 21.6 Å². The molecule has 0 aliphatic carbocycles. The van der Waals surface area contributed by atoms with Gasteiger partial charge in [0, 0.05) is 13.1 Å². The second-order valence-electron chi connectivity index (χ2n) is 6.30. The summed E-state index contributed by atoms with van der Waals surface area (Å²) in [7, 11) is -7.32. The van der Waals surface area contributed by atoms with Gasteiger partial charge in [0.1, 0.15) is 0 Å². The number of nitrogens with one attached hydrogen (secondary N) is 1. The summed E-state index contributed by atoms with van der Waals surface area (Å²) in [5.74, 6) is -0.450. The van der Waals surface area contributed by atoms with Crippen LogP contribution in [0.25, 0.3) is 0 Å². The van der Waals surface area contributed by atoms with Crippen molar-refractivity contribution in [1.29, 1.82) is 0 Å². The number of benzene rings is 2. The third-order valence-electron chi connectivity index (χ3n) is 4.02. The van der Waals surface area contributed by atoms with Crippen LogP contribution >= 0.6 is 0 Å². The van der Waals surface area contributed by atoms with Gasteiger partial charge in [-0.15, -0.1) is 0 Å². The summed E-state index contributed by atoms with van der Waals surface area (Å²) < 4.78 is 47.5. The zero-order chi connectivity index (χ0) is 20.8. The Kier molecular flexibility index (Phi) is 7.30. The maximum absolute atomic E-state index is 12.2. The molecule has 0 spiro atoms. The standard InChI is InChI=1S/C18H23N3O5S2/c1-27(23,24)21(12-11-15-5-3-2-4-6-15)14-18(22)20-13-16-7-9-17(10-8-16)28(19,25)26/h2-10H,11-14H2,1H3,(H,20,22)(H2,19,25,26). The van der Waals surface area contributed by atoms with Crippen LogP contribution in [0.3, 0.4) is 0 Å². The summed E-state index contributed by atoms with van der Waals surface area (Å²) in [6, 6.07) is 15.2. The molecule has 0 fully saturated rings. The van der Waals surface area contributed by atoms with Crippen molar-refractivity contribution in [3.05, 3.63) is 65.7 Å². The van der Waals surface area contributed by atoms with Crippen LogP contribution in [0.5, 0.6) is 0 Å². The first kappa shape index (κ1) is 22.0. The fraction of sp³-hybridized carbons (Fsp3) is 0.278. The molecule has 0 aliphatic heterocycles. The van der Waals surface area contributed by atoms with E-state index in [-0.39, 0.29) is 24.5 Å². The van der Waals surface area contributed by atoms with Crippen molar-refractivity contribution in [2.24, 2.45) is 5.14 Å². The third-order valence-corrected chi connectivity index (χ3v) is 6.20. The van der Waals surface area contributed by atoms with E-state index in [1.54, 1.807) is 0 Å². The molecule has 0 radical (unpaired) electrons. The second kappa shape index (κ2) is 9.28. The average Bonchev–Trinajstić information content (AvgIpc) is 2.63. The van der Waals surface area contributed by atoms with Gasteiger partial charge in [0.25, 0.3) is 0 Å². The first-order valence-electron chi connectivity index (χ1n) is 8.43. The van der Waals surface area contributed by atoms with Crippen LogP contribution in [0, 0.1) is 0 Å². The average molecular weight is 426 g/mol. The first-order chi connectivity index (χ1) is 13.1. The Morgan fingerprint density at radius 3 is 2.11 bits per heavy atom. The topological polar surface area (TPSA) is 127 Å². The molecular formula is C18H23N3O5S2. The molecule has 0 saturated heterocycles. The Balaban J connectivity index is 1.92. The number of rotatable bonds is 9. The third kappa shape index (κ3) is 7.04. The number of amides is 1. The SMILES string of the molecule is CS(=O)(=O)N(CCc1ccccc1)CC(=O)NCc1ccc(S(N)(=O)=O)cc1. The molecule has 2 aromatic carbocycles. The van der Waals surface area contributed by atoms with Crippen molar-refractivity contribution in [1.82, 2.24) is 9.62 Å². The zero-order valence-corrected chi connectivity index (χ0v) is 17.0. The second-order valence-corrected chi connectivity index (χ2v) is 9.84. The molecule has 2 aromatic rings. The maximum Gasteiger partial charge on any atom is 0.238 e. The highest BCUT2D eigenvalue weighted by atomic mass is 32.2. The van der Waals surface area contributed by atoms with Crippen LogP contribution in [0.4, 0.5) is 0 Å². The minimum absolute atomic E-state index is 0.0215. The Bertz CT molecular complexity index is 1000. The highest BCUT2D eigenvalue weighted by Crippen LogP contribution is 2.09. The van der Waals surface area contributed by atoms with E-state index in [0.717, 1.165) is 16.1 Å². The van der Waals surface area contributed by atoms with Gasteiger partial charge in [-0.2, -0.15) is 4.31 Å². The van der Waals surface area contributed by atoms with Gasteiger partial charge in [0.15, 0.2) is 0 Å². The van der Waals surface area contributed by atoms with E-state index in [2.05, 4.69) is 5.32 Å². The number of carbonyl (C=O) groups excluding carboxylic acids is 1. The minimum atomic E-state index is -3.77. The summed E-state index contributed by atoms with van der Waals surface area (Å²) >= 11 is 0. The molecule has 0 atom stereocenters. The highest BCUT2D eigenvalue weighted by molar-refractivity contribution is 7.89. The van der Waals surface area contributed by atoms with Crippen LogP contribution in [0.2, 0.25) is 0 Å². The first-order valence-corrected chi connectivity index (χ1v) is 11.8. The summed E-state index contributed by atoms with van der Waals surface area (Å²) in [6.07, 6.45) is 1.56. The van der Waals surface area contributed by atoms with Crippen molar-refractivity contribution in [3.8, 4) is 0 Å². The van der Waals surface area contributed by atoms with E-state index in [0.29, 0.717) is 12.0 Å². The smallest absolute Gasteiger partial charge is 0.238 e. The summed E-state index contributed by atoms with van der Waals surface area (Å²) in [6.45, 7) is 0.0419. The lowest BCUT2D eigenvalue weighted by atomic mass is 10.1. The van der Waals surface area contributed by atoms with Gasteiger partial charge in [-0.05, 0) is 29.7 Å². The lowest BCUT2D eigenvalue weighted by molar-refractivity contribution is -0.121. The predicted molar refractivity (Wildman–Crippen MR) is 106 cm³/mol. The molecule has 8 nitrogen and oxygen atoms in total. The molecule has 28 heavy (non-hydrogen) atoms. The quantitative estimate of drug-likeness (QED) is 0.603. The molecule has 0 saturated carbocycles. The Hall–Kier alpha value is -2.27. The molecule has 1 amide bonds. The summed E-state index contributed by atoms with van der Waals surface area (Å²) in [4.78, 5) is 12.2.